The molecule has 0 aliphatic carbocycles. The van der Waals surface area contributed by atoms with Gasteiger partial charge in [0.05, 0.1) is 11.1 Å². The fourth-order valence-corrected chi connectivity index (χ4v) is 5.38. The average molecular weight is 267 g/mol. The monoisotopic (exact) mass is 266 g/mol. The predicted molar refractivity (Wildman–Crippen MR) is 79.0 cm³/mol. The molecule has 1 fully saturated rings. The molecule has 0 bridgehead atoms. The van der Waals surface area contributed by atoms with Crippen molar-refractivity contribution in [2.24, 2.45) is 5.14 Å². The lowest BCUT2D eigenvalue weighted by atomic mass is 10.2. The zero-order valence-electron chi connectivity index (χ0n) is 9.58. The minimum absolute atomic E-state index is 0.205. The van der Waals surface area contributed by atoms with E-state index in [1.54, 1.807) is 0 Å². The minimum atomic E-state index is 0.205. The van der Waals surface area contributed by atoms with Gasteiger partial charge in [-0.2, -0.15) is 28.7 Å². The molecule has 0 aromatic heterocycles. The van der Waals surface area contributed by atoms with E-state index in [-0.39, 0.29) is 11.1 Å². The highest BCUT2D eigenvalue weighted by Crippen LogP contribution is 2.13. The van der Waals surface area contributed by atoms with E-state index in [0.29, 0.717) is 0 Å². The summed E-state index contributed by atoms with van der Waals surface area (Å²) >= 11 is 4.44. The topological polar surface area (TPSA) is 26.0 Å². The SMILES string of the molecule is N[S+]1CCCSCCCCCCSCC1. The molecule has 0 spiro atoms. The molecule has 1 aliphatic heterocycles. The maximum atomic E-state index is 6.09. The van der Waals surface area contributed by atoms with E-state index in [1.807, 2.05) is 0 Å². The third-order valence-corrected chi connectivity index (χ3v) is 6.54. The van der Waals surface area contributed by atoms with Crippen LogP contribution < -0.4 is 5.14 Å². The summed E-state index contributed by atoms with van der Waals surface area (Å²) in [6, 6.07) is 0. The van der Waals surface area contributed by atoms with Crippen LogP contribution in [0.4, 0.5) is 0 Å². The molecule has 0 amide bonds. The van der Waals surface area contributed by atoms with Crippen molar-refractivity contribution in [3.63, 3.8) is 0 Å². The Labute approximate surface area is 106 Å². The van der Waals surface area contributed by atoms with Crippen LogP contribution in [0.15, 0.2) is 0 Å². The van der Waals surface area contributed by atoms with E-state index < -0.39 is 0 Å². The summed E-state index contributed by atoms with van der Waals surface area (Å²) in [5, 5.41) is 6.09. The molecular formula is C11H24NS3+. The second-order valence-corrected chi connectivity index (χ2v) is 8.28. The zero-order valence-corrected chi connectivity index (χ0v) is 12.0. The van der Waals surface area contributed by atoms with Crippen molar-refractivity contribution < 1.29 is 0 Å². The standard InChI is InChI=1S/C11H24NS3/c12-15-10-5-8-13-6-3-1-2-4-7-14-9-11-15/h1-12H2/q+1. The Morgan fingerprint density at radius 1 is 0.667 bits per heavy atom. The van der Waals surface area contributed by atoms with Gasteiger partial charge in [0, 0.05) is 12.2 Å². The zero-order chi connectivity index (χ0) is 10.8. The van der Waals surface area contributed by atoms with Crippen molar-refractivity contribution in [2.75, 3.05) is 34.5 Å². The molecule has 4 heteroatoms. The Morgan fingerprint density at radius 3 is 2.00 bits per heavy atom. The Kier molecular flexibility index (Phi) is 9.55. The first-order chi connectivity index (χ1) is 7.39. The number of thioether (sulfide) groups is 2. The van der Waals surface area contributed by atoms with E-state index in [1.165, 1.54) is 66.6 Å². The van der Waals surface area contributed by atoms with Gasteiger partial charge in [-0.3, -0.25) is 0 Å². The molecule has 1 atom stereocenters. The van der Waals surface area contributed by atoms with Crippen molar-refractivity contribution in [3.05, 3.63) is 0 Å². The number of hydrogen-bond acceptors (Lipinski definition) is 3. The first-order valence-electron chi connectivity index (χ1n) is 5.97. The highest BCUT2D eigenvalue weighted by atomic mass is 32.2. The fraction of sp³-hybridized carbons (Fsp3) is 1.00. The van der Waals surface area contributed by atoms with Gasteiger partial charge in [-0.1, -0.05) is 12.8 Å². The third kappa shape index (κ3) is 8.78. The lowest BCUT2D eigenvalue weighted by Gasteiger charge is -2.06. The summed E-state index contributed by atoms with van der Waals surface area (Å²) in [6.07, 6.45) is 7.03. The van der Waals surface area contributed by atoms with E-state index in [4.69, 9.17) is 5.14 Å². The Hall–Kier alpha value is 1.01. The smallest absolute Gasteiger partial charge is 0.136 e. The van der Waals surface area contributed by atoms with E-state index >= 15 is 0 Å². The summed E-state index contributed by atoms with van der Waals surface area (Å²) in [6.45, 7) is 0. The van der Waals surface area contributed by atoms with Crippen LogP contribution in [0.5, 0.6) is 0 Å². The lowest BCUT2D eigenvalue weighted by molar-refractivity contribution is 0.711. The molecule has 1 aliphatic rings. The summed E-state index contributed by atoms with van der Waals surface area (Å²) in [7, 11) is 0. The highest BCUT2D eigenvalue weighted by Gasteiger charge is 2.11. The number of rotatable bonds is 0. The molecule has 0 saturated carbocycles. The highest BCUT2D eigenvalue weighted by molar-refractivity contribution is 8.01. The van der Waals surface area contributed by atoms with Gasteiger partial charge in [0.25, 0.3) is 0 Å². The first kappa shape index (κ1) is 14.1. The maximum absolute atomic E-state index is 6.09. The van der Waals surface area contributed by atoms with Gasteiger partial charge in [-0.25, -0.2) is 0 Å². The second-order valence-electron chi connectivity index (χ2n) is 3.94. The molecular weight excluding hydrogens is 242 g/mol. The van der Waals surface area contributed by atoms with Gasteiger partial charge >= 0.3 is 0 Å². The Morgan fingerprint density at radius 2 is 1.27 bits per heavy atom. The van der Waals surface area contributed by atoms with E-state index in [2.05, 4.69) is 23.5 Å². The molecule has 0 aromatic carbocycles. The molecule has 0 radical (unpaired) electrons. The molecule has 1 unspecified atom stereocenters. The number of nitrogens with two attached hydrogens (primary N) is 1. The lowest BCUT2D eigenvalue weighted by Crippen LogP contribution is -2.23. The Bertz CT molecular complexity index is 130. The fourth-order valence-electron chi connectivity index (χ4n) is 1.58. The van der Waals surface area contributed by atoms with Crippen LogP contribution in [0.2, 0.25) is 0 Å². The molecule has 1 rings (SSSR count). The van der Waals surface area contributed by atoms with Crippen molar-refractivity contribution in [3.8, 4) is 0 Å². The van der Waals surface area contributed by atoms with Gasteiger partial charge in [-0.15, -0.1) is 0 Å². The summed E-state index contributed by atoms with van der Waals surface area (Å²) in [5.41, 5.74) is 0. The molecule has 15 heavy (non-hydrogen) atoms. The quantitative estimate of drug-likeness (QED) is 0.683. The summed E-state index contributed by atoms with van der Waals surface area (Å²) in [5.74, 6) is 7.83. The van der Waals surface area contributed by atoms with Gasteiger partial charge in [0.1, 0.15) is 11.5 Å². The molecule has 0 aromatic rings. The van der Waals surface area contributed by atoms with Crippen LogP contribution in [-0.4, -0.2) is 34.5 Å². The van der Waals surface area contributed by atoms with Crippen molar-refractivity contribution in [1.82, 2.24) is 0 Å². The van der Waals surface area contributed by atoms with Gasteiger partial charge in [-0.05, 0) is 30.1 Å². The van der Waals surface area contributed by atoms with Crippen molar-refractivity contribution in [2.45, 2.75) is 32.1 Å². The molecule has 90 valence electrons. The predicted octanol–water partition coefficient (Wildman–Crippen LogP) is 2.91. The van der Waals surface area contributed by atoms with Crippen LogP contribution in [0, 0.1) is 0 Å². The third-order valence-electron chi connectivity index (χ3n) is 2.51. The second kappa shape index (κ2) is 10.2. The largest absolute Gasteiger partial charge is 0.162 e. The van der Waals surface area contributed by atoms with E-state index in [0.717, 1.165) is 0 Å². The molecule has 1 saturated heterocycles. The molecule has 2 N–H and O–H groups in total. The first-order valence-corrected chi connectivity index (χ1v) is 9.90. The van der Waals surface area contributed by atoms with Gasteiger partial charge < -0.3 is 0 Å². The molecule has 1 heterocycles. The average Bonchev–Trinajstić information content (AvgIpc) is 2.24. The van der Waals surface area contributed by atoms with Gasteiger partial charge in [0.2, 0.25) is 0 Å². The van der Waals surface area contributed by atoms with Crippen molar-refractivity contribution in [1.29, 1.82) is 0 Å². The minimum Gasteiger partial charge on any atom is -0.162 e. The Balaban J connectivity index is 2.10. The van der Waals surface area contributed by atoms with Crippen LogP contribution >= 0.6 is 23.5 Å². The van der Waals surface area contributed by atoms with Crippen LogP contribution in [0.25, 0.3) is 0 Å². The summed E-state index contributed by atoms with van der Waals surface area (Å²) < 4.78 is 0. The van der Waals surface area contributed by atoms with E-state index in [9.17, 15) is 0 Å². The van der Waals surface area contributed by atoms with Crippen molar-refractivity contribution >= 4 is 34.6 Å². The van der Waals surface area contributed by atoms with Crippen LogP contribution in [-0.2, 0) is 11.1 Å². The summed E-state index contributed by atoms with van der Waals surface area (Å²) in [4.78, 5) is 0. The number of hydrogen-bond donors (Lipinski definition) is 1. The normalized spacial score (nSPS) is 28.2. The maximum Gasteiger partial charge on any atom is 0.136 e. The van der Waals surface area contributed by atoms with Gasteiger partial charge in [0.15, 0.2) is 0 Å². The van der Waals surface area contributed by atoms with Crippen LogP contribution in [0.3, 0.4) is 0 Å². The molecule has 1 nitrogen and oxygen atoms in total. The van der Waals surface area contributed by atoms with Crippen LogP contribution in [0.1, 0.15) is 32.1 Å².